The lowest BCUT2D eigenvalue weighted by molar-refractivity contribution is -0.116. The van der Waals surface area contributed by atoms with Gasteiger partial charge in [0.25, 0.3) is 5.91 Å². The summed E-state index contributed by atoms with van der Waals surface area (Å²) in [4.78, 5) is 13.3. The lowest BCUT2D eigenvalue weighted by Gasteiger charge is -2.16. The minimum absolute atomic E-state index is 0.0986. The van der Waals surface area contributed by atoms with E-state index in [0.717, 1.165) is 41.0 Å². The molecule has 2 N–H and O–H groups in total. The molecular formula is C25H22I2N2O3S. The van der Waals surface area contributed by atoms with Gasteiger partial charge >= 0.3 is 0 Å². The van der Waals surface area contributed by atoms with Crippen LogP contribution in [0.1, 0.15) is 16.7 Å². The molecule has 3 aromatic carbocycles. The molecule has 1 aliphatic heterocycles. The maximum absolute atomic E-state index is 12.6. The van der Waals surface area contributed by atoms with E-state index in [1.165, 1.54) is 11.8 Å². The number of hydrogen-bond donors (Lipinski definition) is 2. The summed E-state index contributed by atoms with van der Waals surface area (Å²) in [6, 6.07) is 20.1. The third-order valence-electron chi connectivity index (χ3n) is 4.92. The average Bonchev–Trinajstić information content (AvgIpc) is 3.12. The van der Waals surface area contributed by atoms with Crippen molar-refractivity contribution >= 4 is 74.6 Å². The van der Waals surface area contributed by atoms with Gasteiger partial charge in [-0.2, -0.15) is 0 Å². The lowest BCUT2D eigenvalue weighted by Crippen LogP contribution is -2.31. The van der Waals surface area contributed by atoms with Crippen LogP contribution in [0.5, 0.6) is 11.5 Å². The number of ether oxygens (including phenoxy) is 2. The highest BCUT2D eigenvalue weighted by atomic mass is 127. The Labute approximate surface area is 225 Å². The van der Waals surface area contributed by atoms with Crippen molar-refractivity contribution in [3.63, 3.8) is 0 Å². The molecule has 4 rings (SSSR count). The number of amides is 1. The second-order valence-electron chi connectivity index (χ2n) is 7.42. The fourth-order valence-corrected chi connectivity index (χ4v) is 6.43. The predicted octanol–water partition coefficient (Wildman–Crippen LogP) is 6.39. The summed E-state index contributed by atoms with van der Waals surface area (Å²) in [6.07, 6.45) is 1.92. The van der Waals surface area contributed by atoms with E-state index in [0.29, 0.717) is 11.5 Å². The van der Waals surface area contributed by atoms with Gasteiger partial charge in [0.15, 0.2) is 5.50 Å². The second-order valence-corrected chi connectivity index (χ2v) is 10.9. The van der Waals surface area contributed by atoms with Gasteiger partial charge in [-0.05, 0) is 99.1 Å². The molecule has 0 aliphatic carbocycles. The number of halogens is 2. The molecule has 0 aromatic heterocycles. The van der Waals surface area contributed by atoms with Gasteiger partial charge in [-0.3, -0.25) is 4.79 Å². The Morgan fingerprint density at radius 1 is 1.09 bits per heavy atom. The van der Waals surface area contributed by atoms with Crippen molar-refractivity contribution < 1.29 is 14.3 Å². The van der Waals surface area contributed by atoms with Crippen LogP contribution in [0.15, 0.2) is 65.6 Å². The SMILES string of the molecule is COc1ccc(C)cc1NC1NC(=O)/C(=C/c2cc(I)c(OCc3ccccc3)c(I)c2)S1. The average molecular weight is 684 g/mol. The van der Waals surface area contributed by atoms with E-state index in [-0.39, 0.29) is 11.4 Å². The first-order valence-electron chi connectivity index (χ1n) is 10.2. The highest BCUT2D eigenvalue weighted by molar-refractivity contribution is 14.1. The monoisotopic (exact) mass is 684 g/mol. The van der Waals surface area contributed by atoms with Crippen LogP contribution >= 0.6 is 56.9 Å². The minimum atomic E-state index is -0.272. The summed E-state index contributed by atoms with van der Waals surface area (Å²) in [5.41, 5.74) is 3.77. The minimum Gasteiger partial charge on any atom is -0.495 e. The highest BCUT2D eigenvalue weighted by Crippen LogP contribution is 2.35. The number of benzene rings is 3. The van der Waals surface area contributed by atoms with Gasteiger partial charge < -0.3 is 20.1 Å². The molecule has 0 saturated carbocycles. The molecule has 5 nitrogen and oxygen atoms in total. The third kappa shape index (κ3) is 6.15. The van der Waals surface area contributed by atoms with E-state index in [9.17, 15) is 4.79 Å². The van der Waals surface area contributed by atoms with E-state index >= 15 is 0 Å². The molecule has 1 aliphatic rings. The molecular weight excluding hydrogens is 662 g/mol. The van der Waals surface area contributed by atoms with Crippen LogP contribution in [0.25, 0.3) is 6.08 Å². The Morgan fingerprint density at radius 2 is 1.82 bits per heavy atom. The van der Waals surface area contributed by atoms with Crippen LogP contribution in [0.3, 0.4) is 0 Å². The Balaban J connectivity index is 1.47. The molecule has 1 atom stereocenters. The third-order valence-corrected chi connectivity index (χ3v) is 7.55. The fourth-order valence-electron chi connectivity index (χ4n) is 3.32. The number of aryl methyl sites for hydroxylation is 1. The van der Waals surface area contributed by atoms with Crippen LogP contribution in [0.2, 0.25) is 0 Å². The molecule has 0 spiro atoms. The highest BCUT2D eigenvalue weighted by Gasteiger charge is 2.28. The van der Waals surface area contributed by atoms with E-state index in [1.54, 1.807) is 7.11 Å². The Hall–Kier alpha value is -1.92. The molecule has 33 heavy (non-hydrogen) atoms. The predicted molar refractivity (Wildman–Crippen MR) is 152 cm³/mol. The van der Waals surface area contributed by atoms with Crippen molar-refractivity contribution in [1.82, 2.24) is 5.32 Å². The first-order chi connectivity index (χ1) is 15.9. The van der Waals surface area contributed by atoms with Crippen LogP contribution in [0, 0.1) is 14.1 Å². The van der Waals surface area contributed by atoms with Gasteiger partial charge in [-0.1, -0.05) is 48.2 Å². The largest absolute Gasteiger partial charge is 0.495 e. The zero-order valence-corrected chi connectivity index (χ0v) is 23.2. The van der Waals surface area contributed by atoms with Crippen molar-refractivity contribution in [2.75, 3.05) is 12.4 Å². The second kappa shape index (κ2) is 11.0. The van der Waals surface area contributed by atoms with Crippen molar-refractivity contribution in [2.24, 2.45) is 0 Å². The number of anilines is 1. The molecule has 8 heteroatoms. The summed E-state index contributed by atoms with van der Waals surface area (Å²) in [5.74, 6) is 1.50. The molecule has 1 heterocycles. The molecule has 1 fully saturated rings. The van der Waals surface area contributed by atoms with E-state index in [1.807, 2.05) is 73.7 Å². The summed E-state index contributed by atoms with van der Waals surface area (Å²) in [7, 11) is 1.64. The molecule has 3 aromatic rings. The number of hydrogen-bond acceptors (Lipinski definition) is 5. The zero-order chi connectivity index (χ0) is 23.4. The summed E-state index contributed by atoms with van der Waals surface area (Å²) < 4.78 is 13.5. The van der Waals surface area contributed by atoms with Gasteiger partial charge in [-0.25, -0.2) is 0 Å². The summed E-state index contributed by atoms with van der Waals surface area (Å²) >= 11 is 6.02. The number of thioether (sulfide) groups is 1. The standard InChI is InChI=1S/C25H22I2N2O3S/c1-15-8-9-21(31-2)20(10-15)28-25-29-24(30)22(33-25)13-17-11-18(26)23(19(27)12-17)32-14-16-6-4-3-5-7-16/h3-13,25,28H,14H2,1-2H3,(H,29,30)/b22-13-. The van der Waals surface area contributed by atoms with E-state index in [2.05, 4.69) is 55.8 Å². The number of carbonyl (C=O) groups excluding carboxylic acids is 1. The van der Waals surface area contributed by atoms with Gasteiger partial charge in [0.05, 0.1) is 24.8 Å². The Morgan fingerprint density at radius 3 is 2.52 bits per heavy atom. The number of carbonyl (C=O) groups is 1. The van der Waals surface area contributed by atoms with Crippen molar-refractivity contribution in [3.05, 3.63) is 89.4 Å². The summed E-state index contributed by atoms with van der Waals surface area (Å²) in [5, 5.41) is 6.34. The van der Waals surface area contributed by atoms with Crippen LogP contribution in [0.4, 0.5) is 5.69 Å². The smallest absolute Gasteiger partial charge is 0.260 e. The summed E-state index contributed by atoms with van der Waals surface area (Å²) in [6.45, 7) is 2.54. The molecule has 1 unspecified atom stereocenters. The van der Waals surface area contributed by atoms with Crippen molar-refractivity contribution in [3.8, 4) is 11.5 Å². The van der Waals surface area contributed by atoms with Crippen molar-refractivity contribution in [2.45, 2.75) is 19.0 Å². The first-order valence-corrected chi connectivity index (χ1v) is 13.2. The molecule has 1 amide bonds. The quantitative estimate of drug-likeness (QED) is 0.223. The van der Waals surface area contributed by atoms with Gasteiger partial charge in [0, 0.05) is 0 Å². The van der Waals surface area contributed by atoms with E-state index in [4.69, 9.17) is 9.47 Å². The topological polar surface area (TPSA) is 59.6 Å². The number of methoxy groups -OCH3 is 1. The molecule has 1 saturated heterocycles. The molecule has 0 bridgehead atoms. The Bertz CT molecular complexity index is 1180. The Kier molecular flexibility index (Phi) is 8.07. The van der Waals surface area contributed by atoms with E-state index < -0.39 is 0 Å². The van der Waals surface area contributed by atoms with Gasteiger partial charge in [0.1, 0.15) is 18.1 Å². The number of rotatable bonds is 7. The lowest BCUT2D eigenvalue weighted by atomic mass is 10.2. The van der Waals surface area contributed by atoms with Crippen molar-refractivity contribution in [1.29, 1.82) is 0 Å². The fraction of sp³-hybridized carbons (Fsp3) is 0.160. The maximum atomic E-state index is 12.6. The normalized spacial score (nSPS) is 16.5. The number of nitrogens with one attached hydrogen (secondary N) is 2. The van der Waals surface area contributed by atoms with Crippen LogP contribution in [-0.2, 0) is 11.4 Å². The molecule has 0 radical (unpaired) electrons. The van der Waals surface area contributed by atoms with Gasteiger partial charge in [0.2, 0.25) is 0 Å². The zero-order valence-electron chi connectivity index (χ0n) is 18.0. The van der Waals surface area contributed by atoms with Crippen LogP contribution in [-0.4, -0.2) is 18.5 Å². The first kappa shape index (κ1) is 24.2. The van der Waals surface area contributed by atoms with Crippen LogP contribution < -0.4 is 20.1 Å². The molecule has 170 valence electrons. The maximum Gasteiger partial charge on any atom is 0.260 e. The van der Waals surface area contributed by atoms with Gasteiger partial charge in [-0.15, -0.1) is 0 Å².